The van der Waals surface area contributed by atoms with Crippen molar-refractivity contribution in [3.8, 4) is 11.3 Å². The molecule has 2 aromatic rings. The highest BCUT2D eigenvalue weighted by Crippen LogP contribution is 2.31. The molecule has 1 aliphatic heterocycles. The number of pyridine rings is 1. The first kappa shape index (κ1) is 13.9. The van der Waals surface area contributed by atoms with E-state index in [9.17, 15) is 0 Å². The molecule has 3 heteroatoms. The Balaban J connectivity index is 2.13. The van der Waals surface area contributed by atoms with E-state index in [2.05, 4.69) is 42.4 Å². The van der Waals surface area contributed by atoms with Crippen LogP contribution in [-0.2, 0) is 0 Å². The van der Waals surface area contributed by atoms with Gasteiger partial charge in [-0.05, 0) is 32.0 Å². The van der Waals surface area contributed by atoms with Gasteiger partial charge in [0.15, 0.2) is 0 Å². The molecule has 1 unspecified atom stereocenters. The standard InChI is InChI=1S/C18H17ClN2/c1-12-8-9-16(13(2)21-12)17-7-4-10-20-18(17)14-5-3-6-15(19)11-14/h3-12,21H,1-2H3. The quantitative estimate of drug-likeness (QED) is 0.870. The van der Waals surface area contributed by atoms with Crippen molar-refractivity contribution in [2.75, 3.05) is 0 Å². The third kappa shape index (κ3) is 2.86. The monoisotopic (exact) mass is 296 g/mol. The van der Waals surface area contributed by atoms with Crippen LogP contribution in [0.15, 0.2) is 60.4 Å². The van der Waals surface area contributed by atoms with Gasteiger partial charge in [0.25, 0.3) is 0 Å². The number of allylic oxidation sites excluding steroid dienone is 3. The van der Waals surface area contributed by atoms with Gasteiger partial charge in [0.2, 0.25) is 0 Å². The fraction of sp³-hybridized carbons (Fsp3) is 0.167. The lowest BCUT2D eigenvalue weighted by molar-refractivity contribution is 0.722. The SMILES string of the molecule is CC1=C(c2cccnc2-c2cccc(Cl)c2)C=CC(C)N1. The second-order valence-corrected chi connectivity index (χ2v) is 5.68. The molecule has 1 aromatic carbocycles. The molecule has 0 aliphatic carbocycles. The minimum Gasteiger partial charge on any atom is -0.382 e. The van der Waals surface area contributed by atoms with Gasteiger partial charge >= 0.3 is 0 Å². The van der Waals surface area contributed by atoms with Crippen molar-refractivity contribution in [3.63, 3.8) is 0 Å². The van der Waals surface area contributed by atoms with Crippen LogP contribution in [0.1, 0.15) is 19.4 Å². The number of hydrogen-bond acceptors (Lipinski definition) is 2. The Bertz CT molecular complexity index is 732. The first-order chi connectivity index (χ1) is 10.1. The average molecular weight is 297 g/mol. The number of hydrogen-bond donors (Lipinski definition) is 1. The third-order valence-corrected chi connectivity index (χ3v) is 3.83. The minimum atomic E-state index is 0.361. The molecular formula is C18H17ClN2. The van der Waals surface area contributed by atoms with E-state index >= 15 is 0 Å². The highest BCUT2D eigenvalue weighted by molar-refractivity contribution is 6.30. The number of aromatic nitrogens is 1. The van der Waals surface area contributed by atoms with E-state index in [0.29, 0.717) is 6.04 Å². The van der Waals surface area contributed by atoms with Crippen LogP contribution in [0.2, 0.25) is 5.02 Å². The molecule has 0 radical (unpaired) electrons. The van der Waals surface area contributed by atoms with Crippen molar-refractivity contribution in [1.29, 1.82) is 0 Å². The van der Waals surface area contributed by atoms with Gasteiger partial charge in [-0.3, -0.25) is 4.98 Å². The predicted octanol–water partition coefficient (Wildman–Crippen LogP) is 4.68. The van der Waals surface area contributed by atoms with Gasteiger partial charge in [-0.15, -0.1) is 0 Å². The molecule has 2 heterocycles. The number of nitrogens with zero attached hydrogens (tertiary/aromatic N) is 1. The average Bonchev–Trinajstić information content (AvgIpc) is 2.47. The zero-order chi connectivity index (χ0) is 14.8. The largest absolute Gasteiger partial charge is 0.382 e. The van der Waals surface area contributed by atoms with Crippen LogP contribution in [0.25, 0.3) is 16.8 Å². The summed E-state index contributed by atoms with van der Waals surface area (Å²) < 4.78 is 0. The molecule has 1 aliphatic rings. The first-order valence-electron chi connectivity index (χ1n) is 7.02. The molecule has 21 heavy (non-hydrogen) atoms. The van der Waals surface area contributed by atoms with E-state index in [4.69, 9.17) is 11.6 Å². The lowest BCUT2D eigenvalue weighted by Gasteiger charge is -2.21. The van der Waals surface area contributed by atoms with Crippen LogP contribution in [-0.4, -0.2) is 11.0 Å². The normalized spacial score (nSPS) is 17.8. The van der Waals surface area contributed by atoms with Crippen molar-refractivity contribution in [3.05, 3.63) is 71.0 Å². The maximum Gasteiger partial charge on any atom is 0.0781 e. The van der Waals surface area contributed by atoms with Gasteiger partial charge in [-0.25, -0.2) is 0 Å². The Hall–Kier alpha value is -2.06. The van der Waals surface area contributed by atoms with E-state index in [0.717, 1.165) is 21.8 Å². The summed E-state index contributed by atoms with van der Waals surface area (Å²) in [6, 6.07) is 12.2. The number of dihydropyridines is 1. The molecule has 106 valence electrons. The molecular weight excluding hydrogens is 280 g/mol. The molecule has 3 rings (SSSR count). The molecule has 1 N–H and O–H groups in total. The van der Waals surface area contributed by atoms with Crippen LogP contribution in [0.5, 0.6) is 0 Å². The van der Waals surface area contributed by atoms with E-state index in [-0.39, 0.29) is 0 Å². The number of halogens is 1. The zero-order valence-corrected chi connectivity index (χ0v) is 12.9. The molecule has 0 saturated heterocycles. The number of nitrogens with one attached hydrogen (secondary N) is 1. The highest BCUT2D eigenvalue weighted by atomic mass is 35.5. The van der Waals surface area contributed by atoms with Gasteiger partial charge in [-0.2, -0.15) is 0 Å². The van der Waals surface area contributed by atoms with Gasteiger partial charge in [-0.1, -0.05) is 42.0 Å². The third-order valence-electron chi connectivity index (χ3n) is 3.60. The Morgan fingerprint density at radius 1 is 1.19 bits per heavy atom. The summed E-state index contributed by atoms with van der Waals surface area (Å²) in [5, 5.41) is 4.18. The van der Waals surface area contributed by atoms with Gasteiger partial charge in [0.1, 0.15) is 0 Å². The lowest BCUT2D eigenvalue weighted by atomic mass is 9.95. The lowest BCUT2D eigenvalue weighted by Crippen LogP contribution is -2.25. The van der Waals surface area contributed by atoms with Gasteiger partial charge in [0, 0.05) is 39.7 Å². The van der Waals surface area contributed by atoms with Crippen LogP contribution in [0, 0.1) is 0 Å². The Labute approximate surface area is 130 Å². The minimum absolute atomic E-state index is 0.361. The van der Waals surface area contributed by atoms with Crippen molar-refractivity contribution >= 4 is 17.2 Å². The van der Waals surface area contributed by atoms with Crippen molar-refractivity contribution in [2.24, 2.45) is 0 Å². The van der Waals surface area contributed by atoms with E-state index in [1.165, 1.54) is 11.3 Å². The Kier molecular flexibility index (Phi) is 3.80. The molecule has 0 amide bonds. The zero-order valence-electron chi connectivity index (χ0n) is 12.1. The van der Waals surface area contributed by atoms with Crippen molar-refractivity contribution < 1.29 is 0 Å². The fourth-order valence-electron chi connectivity index (χ4n) is 2.61. The summed E-state index contributed by atoms with van der Waals surface area (Å²) >= 11 is 6.11. The topological polar surface area (TPSA) is 24.9 Å². The van der Waals surface area contributed by atoms with Crippen molar-refractivity contribution in [1.82, 2.24) is 10.3 Å². The summed E-state index contributed by atoms with van der Waals surface area (Å²) in [5.74, 6) is 0. The summed E-state index contributed by atoms with van der Waals surface area (Å²) in [6.45, 7) is 4.24. The summed E-state index contributed by atoms with van der Waals surface area (Å²) in [4.78, 5) is 4.56. The first-order valence-corrected chi connectivity index (χ1v) is 7.40. The van der Waals surface area contributed by atoms with Crippen LogP contribution < -0.4 is 5.32 Å². The van der Waals surface area contributed by atoms with Crippen LogP contribution in [0.4, 0.5) is 0 Å². The highest BCUT2D eigenvalue weighted by Gasteiger charge is 2.15. The molecule has 0 fully saturated rings. The molecule has 0 bridgehead atoms. The molecule has 1 aromatic heterocycles. The fourth-order valence-corrected chi connectivity index (χ4v) is 2.80. The number of rotatable bonds is 2. The van der Waals surface area contributed by atoms with Crippen LogP contribution in [0.3, 0.4) is 0 Å². The second kappa shape index (κ2) is 5.74. The Morgan fingerprint density at radius 2 is 2.05 bits per heavy atom. The number of benzene rings is 1. The maximum atomic E-state index is 6.11. The van der Waals surface area contributed by atoms with Gasteiger partial charge in [0.05, 0.1) is 5.69 Å². The predicted molar refractivity (Wildman–Crippen MR) is 89.0 cm³/mol. The molecule has 1 atom stereocenters. The summed E-state index contributed by atoms with van der Waals surface area (Å²) in [6.07, 6.45) is 6.15. The van der Waals surface area contributed by atoms with E-state index in [1.807, 2.05) is 36.5 Å². The van der Waals surface area contributed by atoms with Crippen molar-refractivity contribution in [2.45, 2.75) is 19.9 Å². The summed E-state index contributed by atoms with van der Waals surface area (Å²) in [5.41, 5.74) is 5.45. The van der Waals surface area contributed by atoms with Gasteiger partial charge < -0.3 is 5.32 Å². The maximum absolute atomic E-state index is 6.11. The van der Waals surface area contributed by atoms with E-state index < -0.39 is 0 Å². The Morgan fingerprint density at radius 3 is 2.81 bits per heavy atom. The van der Waals surface area contributed by atoms with E-state index in [1.54, 1.807) is 0 Å². The summed E-state index contributed by atoms with van der Waals surface area (Å²) in [7, 11) is 0. The molecule has 0 saturated carbocycles. The second-order valence-electron chi connectivity index (χ2n) is 5.24. The molecule has 0 spiro atoms. The molecule has 2 nitrogen and oxygen atoms in total. The van der Waals surface area contributed by atoms with Crippen LogP contribution >= 0.6 is 11.6 Å². The smallest absolute Gasteiger partial charge is 0.0781 e.